The Balaban J connectivity index is 2.03. The molecule has 0 radical (unpaired) electrons. The lowest BCUT2D eigenvalue weighted by Gasteiger charge is -2.24. The standard InChI is InChI=1S/C13H19N3O3S/c1-2-3-10(15-5-4-14-8-15)6-12(17)16-9-20-7-11(16)13(18)19/h4-5,8,10-11H,2-3,6-7,9H2,1H3,(H,18,19)/t10?,11-/m0/s1. The summed E-state index contributed by atoms with van der Waals surface area (Å²) in [4.78, 5) is 29.0. The molecule has 2 atom stereocenters. The van der Waals surface area contributed by atoms with Gasteiger partial charge in [-0.05, 0) is 6.42 Å². The van der Waals surface area contributed by atoms with E-state index < -0.39 is 12.0 Å². The molecule has 1 amide bonds. The Morgan fingerprint density at radius 1 is 1.55 bits per heavy atom. The van der Waals surface area contributed by atoms with Gasteiger partial charge in [-0.15, -0.1) is 11.8 Å². The third-order valence-electron chi connectivity index (χ3n) is 3.47. The van der Waals surface area contributed by atoms with Gasteiger partial charge in [0.25, 0.3) is 0 Å². The van der Waals surface area contributed by atoms with Crippen molar-refractivity contribution in [2.75, 3.05) is 11.6 Å². The van der Waals surface area contributed by atoms with E-state index in [-0.39, 0.29) is 11.9 Å². The average Bonchev–Trinajstić information content (AvgIpc) is 3.09. The Morgan fingerprint density at radius 2 is 2.35 bits per heavy atom. The van der Waals surface area contributed by atoms with Crippen LogP contribution in [-0.2, 0) is 9.59 Å². The first-order valence-electron chi connectivity index (χ1n) is 6.71. The molecule has 6 nitrogen and oxygen atoms in total. The zero-order valence-corrected chi connectivity index (χ0v) is 12.3. The summed E-state index contributed by atoms with van der Waals surface area (Å²) in [5, 5.41) is 9.13. The first-order valence-corrected chi connectivity index (χ1v) is 7.86. The minimum absolute atomic E-state index is 0.0510. The molecule has 1 aromatic heterocycles. The number of carboxylic acids is 1. The van der Waals surface area contributed by atoms with Crippen LogP contribution in [0, 0.1) is 0 Å². The molecule has 0 spiro atoms. The summed E-state index contributed by atoms with van der Waals surface area (Å²) in [6, 6.07) is -0.632. The molecular weight excluding hydrogens is 278 g/mol. The van der Waals surface area contributed by atoms with Crippen LogP contribution < -0.4 is 0 Å². The molecule has 1 aliphatic rings. The molecule has 1 saturated heterocycles. The molecule has 2 heterocycles. The number of carbonyl (C=O) groups excluding carboxylic acids is 1. The number of amides is 1. The Kier molecular flexibility index (Phi) is 5.05. The zero-order chi connectivity index (χ0) is 14.5. The number of carboxylic acid groups (broad SMARTS) is 1. The van der Waals surface area contributed by atoms with Crippen LogP contribution in [0.15, 0.2) is 18.7 Å². The number of hydrogen-bond acceptors (Lipinski definition) is 4. The van der Waals surface area contributed by atoms with Gasteiger partial charge in [-0.3, -0.25) is 4.79 Å². The van der Waals surface area contributed by atoms with Gasteiger partial charge in [-0.25, -0.2) is 9.78 Å². The van der Waals surface area contributed by atoms with Gasteiger partial charge in [-0.2, -0.15) is 0 Å². The average molecular weight is 297 g/mol. The molecule has 1 aromatic rings. The predicted molar refractivity (Wildman–Crippen MR) is 76.4 cm³/mol. The summed E-state index contributed by atoms with van der Waals surface area (Å²) >= 11 is 1.49. The van der Waals surface area contributed by atoms with E-state index in [1.54, 1.807) is 12.5 Å². The predicted octanol–water partition coefficient (Wildman–Crippen LogP) is 1.60. The highest BCUT2D eigenvalue weighted by Gasteiger charge is 2.35. The maximum absolute atomic E-state index is 12.4. The van der Waals surface area contributed by atoms with Crippen molar-refractivity contribution in [2.24, 2.45) is 0 Å². The highest BCUT2D eigenvalue weighted by atomic mass is 32.2. The Bertz CT molecular complexity index is 463. The normalized spacial score (nSPS) is 20.1. The summed E-state index contributed by atoms with van der Waals surface area (Å²) in [5.41, 5.74) is 0. The van der Waals surface area contributed by atoms with Crippen LogP contribution in [0.25, 0.3) is 0 Å². The Labute approximate surface area is 122 Å². The molecule has 20 heavy (non-hydrogen) atoms. The number of imidazole rings is 1. The first kappa shape index (κ1) is 14.9. The van der Waals surface area contributed by atoms with Crippen LogP contribution in [0.2, 0.25) is 0 Å². The quantitative estimate of drug-likeness (QED) is 0.863. The molecule has 1 aliphatic heterocycles. The van der Waals surface area contributed by atoms with Gasteiger partial charge in [0.15, 0.2) is 0 Å². The van der Waals surface area contributed by atoms with Crippen molar-refractivity contribution in [1.29, 1.82) is 0 Å². The van der Waals surface area contributed by atoms with Crippen molar-refractivity contribution in [2.45, 2.75) is 38.3 Å². The summed E-state index contributed by atoms with van der Waals surface area (Å²) < 4.78 is 1.93. The summed E-state index contributed by atoms with van der Waals surface area (Å²) in [7, 11) is 0. The molecule has 7 heteroatoms. The van der Waals surface area contributed by atoms with E-state index in [4.69, 9.17) is 5.11 Å². The van der Waals surface area contributed by atoms with E-state index in [1.807, 2.05) is 10.8 Å². The highest BCUT2D eigenvalue weighted by molar-refractivity contribution is 7.99. The number of aromatic nitrogens is 2. The van der Waals surface area contributed by atoms with Gasteiger partial charge in [0.05, 0.1) is 12.2 Å². The van der Waals surface area contributed by atoms with Gasteiger partial charge >= 0.3 is 5.97 Å². The maximum atomic E-state index is 12.4. The lowest BCUT2D eigenvalue weighted by atomic mass is 10.1. The fraction of sp³-hybridized carbons (Fsp3) is 0.615. The third-order valence-corrected chi connectivity index (χ3v) is 4.48. The van der Waals surface area contributed by atoms with Crippen molar-refractivity contribution in [3.8, 4) is 0 Å². The van der Waals surface area contributed by atoms with Crippen molar-refractivity contribution in [3.63, 3.8) is 0 Å². The van der Waals surface area contributed by atoms with Crippen LogP contribution in [-0.4, -0.2) is 49.1 Å². The molecule has 0 aromatic carbocycles. The monoisotopic (exact) mass is 297 g/mol. The van der Waals surface area contributed by atoms with E-state index in [2.05, 4.69) is 11.9 Å². The number of rotatable bonds is 6. The molecule has 110 valence electrons. The number of aliphatic carboxylic acids is 1. The molecular formula is C13H19N3O3S. The van der Waals surface area contributed by atoms with E-state index >= 15 is 0 Å². The van der Waals surface area contributed by atoms with Crippen LogP contribution in [0.4, 0.5) is 0 Å². The van der Waals surface area contributed by atoms with Crippen LogP contribution in [0.1, 0.15) is 32.2 Å². The summed E-state index contributed by atoms with van der Waals surface area (Å²) in [6.45, 7) is 2.07. The first-order chi connectivity index (χ1) is 9.63. The van der Waals surface area contributed by atoms with Gasteiger partial charge in [0.1, 0.15) is 6.04 Å². The number of thioether (sulfide) groups is 1. The van der Waals surface area contributed by atoms with E-state index in [1.165, 1.54) is 16.7 Å². The number of carbonyl (C=O) groups is 2. The second-order valence-corrected chi connectivity index (χ2v) is 5.87. The fourth-order valence-electron chi connectivity index (χ4n) is 2.39. The molecule has 0 bridgehead atoms. The zero-order valence-electron chi connectivity index (χ0n) is 11.4. The lowest BCUT2D eigenvalue weighted by molar-refractivity contribution is -0.148. The van der Waals surface area contributed by atoms with Crippen molar-refractivity contribution < 1.29 is 14.7 Å². The Morgan fingerprint density at radius 3 is 2.95 bits per heavy atom. The molecule has 1 fully saturated rings. The minimum Gasteiger partial charge on any atom is -0.480 e. The van der Waals surface area contributed by atoms with Gasteiger partial charge in [0.2, 0.25) is 5.91 Å². The smallest absolute Gasteiger partial charge is 0.327 e. The second-order valence-electron chi connectivity index (χ2n) is 4.87. The van der Waals surface area contributed by atoms with Gasteiger partial charge < -0.3 is 14.6 Å². The van der Waals surface area contributed by atoms with E-state index in [9.17, 15) is 9.59 Å². The van der Waals surface area contributed by atoms with Crippen molar-refractivity contribution in [1.82, 2.24) is 14.5 Å². The van der Waals surface area contributed by atoms with Crippen LogP contribution in [0.3, 0.4) is 0 Å². The summed E-state index contributed by atoms with van der Waals surface area (Å²) in [5.74, 6) is -0.0593. The lowest BCUT2D eigenvalue weighted by Crippen LogP contribution is -2.42. The number of hydrogen-bond donors (Lipinski definition) is 1. The topological polar surface area (TPSA) is 75.4 Å². The minimum atomic E-state index is -0.918. The van der Waals surface area contributed by atoms with Crippen molar-refractivity contribution in [3.05, 3.63) is 18.7 Å². The molecule has 0 aliphatic carbocycles. The van der Waals surface area contributed by atoms with Gasteiger partial charge in [0, 0.05) is 30.6 Å². The molecule has 1 N–H and O–H groups in total. The van der Waals surface area contributed by atoms with Crippen LogP contribution in [0.5, 0.6) is 0 Å². The Hall–Kier alpha value is -1.50. The summed E-state index contributed by atoms with van der Waals surface area (Å²) in [6.07, 6.45) is 7.42. The molecule has 1 unspecified atom stereocenters. The SMILES string of the molecule is CCCC(CC(=O)N1CSC[C@H]1C(=O)O)n1ccnc1. The third kappa shape index (κ3) is 3.33. The number of nitrogens with zero attached hydrogens (tertiary/aromatic N) is 3. The van der Waals surface area contributed by atoms with E-state index in [0.717, 1.165) is 12.8 Å². The van der Waals surface area contributed by atoms with E-state index in [0.29, 0.717) is 18.1 Å². The van der Waals surface area contributed by atoms with Crippen LogP contribution >= 0.6 is 11.8 Å². The largest absolute Gasteiger partial charge is 0.480 e. The van der Waals surface area contributed by atoms with Crippen molar-refractivity contribution >= 4 is 23.6 Å². The second kappa shape index (κ2) is 6.78. The fourth-order valence-corrected chi connectivity index (χ4v) is 3.56. The van der Waals surface area contributed by atoms with Gasteiger partial charge in [-0.1, -0.05) is 13.3 Å². The maximum Gasteiger partial charge on any atom is 0.327 e. The molecule has 2 rings (SSSR count). The molecule has 0 saturated carbocycles. The highest BCUT2D eigenvalue weighted by Crippen LogP contribution is 2.25.